The van der Waals surface area contributed by atoms with Gasteiger partial charge in [0.25, 0.3) is 0 Å². The normalized spacial score (nSPS) is 17.0. The maximum absolute atomic E-state index is 13.2. The molecule has 1 atom stereocenters. The molecule has 2 amide bonds. The smallest absolute Gasteiger partial charge is 0.242 e. The largest absolute Gasteiger partial charge is 0.495 e. The molecule has 1 N–H and O–H groups in total. The third-order valence-electron chi connectivity index (χ3n) is 5.43. The Balaban J connectivity index is 1.74. The Morgan fingerprint density at radius 2 is 1.91 bits per heavy atom. The molecule has 1 heterocycles. The molecule has 7 nitrogen and oxygen atoms in total. The van der Waals surface area contributed by atoms with Crippen molar-refractivity contribution in [2.45, 2.75) is 44.8 Å². The summed E-state index contributed by atoms with van der Waals surface area (Å²) in [6.45, 7) is 7.94. The van der Waals surface area contributed by atoms with Crippen molar-refractivity contribution >= 4 is 40.1 Å². The Bertz CT molecular complexity index is 1010. The molecule has 182 valence electrons. The van der Waals surface area contributed by atoms with Crippen LogP contribution in [0.4, 0.5) is 11.4 Å². The van der Waals surface area contributed by atoms with Crippen molar-refractivity contribution in [2.75, 3.05) is 32.2 Å². The Kier molecular flexibility index (Phi) is 9.53. The summed E-state index contributed by atoms with van der Waals surface area (Å²) in [5, 5.41) is 2.94. The van der Waals surface area contributed by atoms with Gasteiger partial charge in [0.2, 0.25) is 11.8 Å². The van der Waals surface area contributed by atoms with Gasteiger partial charge < -0.3 is 14.8 Å². The SMILES string of the molecule is CCOCCCN1C(=O)C(CC(=O)Nc2ccccc2OC)SC1=Nc1ccc(C(C)C)cc1. The van der Waals surface area contributed by atoms with E-state index in [1.807, 2.05) is 31.2 Å². The lowest BCUT2D eigenvalue weighted by Gasteiger charge is -2.16. The number of carbonyl (C=O) groups excluding carboxylic acids is 2. The topological polar surface area (TPSA) is 80.2 Å². The molecule has 8 heteroatoms. The van der Waals surface area contributed by atoms with E-state index in [1.54, 1.807) is 24.1 Å². The van der Waals surface area contributed by atoms with Crippen molar-refractivity contribution in [1.82, 2.24) is 4.90 Å². The zero-order valence-electron chi connectivity index (χ0n) is 20.2. The van der Waals surface area contributed by atoms with Crippen molar-refractivity contribution in [3.63, 3.8) is 0 Å². The molecule has 0 saturated carbocycles. The van der Waals surface area contributed by atoms with Gasteiger partial charge in [-0.25, -0.2) is 4.99 Å². The molecule has 34 heavy (non-hydrogen) atoms. The van der Waals surface area contributed by atoms with Crippen LogP contribution in [0.1, 0.15) is 45.1 Å². The molecule has 0 aliphatic carbocycles. The fraction of sp³-hybridized carbons (Fsp3) is 0.423. The van der Waals surface area contributed by atoms with Crippen LogP contribution in [0, 0.1) is 0 Å². The number of aliphatic imine (C=N–C) groups is 1. The molecule has 0 spiro atoms. The number of amidine groups is 1. The monoisotopic (exact) mass is 483 g/mol. The molecular formula is C26H33N3O4S. The van der Waals surface area contributed by atoms with Crippen LogP contribution in [0.3, 0.4) is 0 Å². The Hall–Kier alpha value is -2.84. The number of ether oxygens (including phenoxy) is 2. The zero-order valence-corrected chi connectivity index (χ0v) is 21.1. The zero-order chi connectivity index (χ0) is 24.5. The summed E-state index contributed by atoms with van der Waals surface area (Å²) >= 11 is 1.34. The van der Waals surface area contributed by atoms with Gasteiger partial charge in [0, 0.05) is 26.2 Å². The molecule has 0 radical (unpaired) electrons. The van der Waals surface area contributed by atoms with Crippen LogP contribution < -0.4 is 10.1 Å². The summed E-state index contributed by atoms with van der Waals surface area (Å²) < 4.78 is 10.7. The van der Waals surface area contributed by atoms with Crippen LogP contribution in [-0.4, -0.2) is 54.0 Å². The number of methoxy groups -OCH3 is 1. The summed E-state index contributed by atoms with van der Waals surface area (Å²) in [5.41, 5.74) is 2.60. The van der Waals surface area contributed by atoms with E-state index in [9.17, 15) is 9.59 Å². The summed E-state index contributed by atoms with van der Waals surface area (Å²) in [4.78, 5) is 32.4. The fourth-order valence-electron chi connectivity index (χ4n) is 3.56. The lowest BCUT2D eigenvalue weighted by Crippen LogP contribution is -2.34. The van der Waals surface area contributed by atoms with Crippen LogP contribution in [-0.2, 0) is 14.3 Å². The fourth-order valence-corrected chi connectivity index (χ4v) is 4.75. The van der Waals surface area contributed by atoms with Gasteiger partial charge in [-0.3, -0.25) is 14.5 Å². The lowest BCUT2D eigenvalue weighted by atomic mass is 10.0. The van der Waals surface area contributed by atoms with Gasteiger partial charge >= 0.3 is 0 Å². The number of hydrogen-bond donors (Lipinski definition) is 1. The number of para-hydroxylation sites is 2. The first-order valence-corrected chi connectivity index (χ1v) is 12.5. The second-order valence-electron chi connectivity index (χ2n) is 8.24. The molecule has 1 aliphatic rings. The molecule has 1 saturated heterocycles. The predicted molar refractivity (Wildman–Crippen MR) is 138 cm³/mol. The van der Waals surface area contributed by atoms with E-state index >= 15 is 0 Å². The van der Waals surface area contributed by atoms with Crippen LogP contribution >= 0.6 is 11.8 Å². The number of hydrogen-bond acceptors (Lipinski definition) is 6. The third-order valence-corrected chi connectivity index (χ3v) is 6.61. The average Bonchev–Trinajstić information content (AvgIpc) is 3.11. The molecule has 2 aromatic rings. The average molecular weight is 484 g/mol. The number of thioether (sulfide) groups is 1. The van der Waals surface area contributed by atoms with E-state index in [0.29, 0.717) is 48.7 Å². The summed E-state index contributed by atoms with van der Waals surface area (Å²) in [5.74, 6) is 0.664. The van der Waals surface area contributed by atoms with Crippen molar-refractivity contribution in [1.29, 1.82) is 0 Å². The Morgan fingerprint density at radius 1 is 1.18 bits per heavy atom. The molecule has 1 unspecified atom stereocenters. The van der Waals surface area contributed by atoms with Crippen molar-refractivity contribution in [3.05, 3.63) is 54.1 Å². The molecule has 1 aliphatic heterocycles. The van der Waals surface area contributed by atoms with Gasteiger partial charge in [-0.05, 0) is 49.1 Å². The maximum atomic E-state index is 13.2. The minimum absolute atomic E-state index is 0.0504. The van der Waals surface area contributed by atoms with E-state index in [4.69, 9.17) is 14.5 Å². The lowest BCUT2D eigenvalue weighted by molar-refractivity contribution is -0.128. The van der Waals surface area contributed by atoms with Crippen molar-refractivity contribution < 1.29 is 19.1 Å². The molecule has 2 aromatic carbocycles. The van der Waals surface area contributed by atoms with E-state index in [1.165, 1.54) is 17.3 Å². The highest BCUT2D eigenvalue weighted by atomic mass is 32.2. The number of nitrogens with one attached hydrogen (secondary N) is 1. The summed E-state index contributed by atoms with van der Waals surface area (Å²) in [6, 6.07) is 15.3. The van der Waals surface area contributed by atoms with E-state index < -0.39 is 5.25 Å². The third kappa shape index (κ3) is 6.84. The molecule has 3 rings (SSSR count). The minimum atomic E-state index is -0.532. The van der Waals surface area contributed by atoms with Crippen molar-refractivity contribution in [3.8, 4) is 5.75 Å². The Labute approximate surface area is 205 Å². The number of nitrogens with zero attached hydrogens (tertiary/aromatic N) is 2. The van der Waals surface area contributed by atoms with Crippen LogP contribution in [0.5, 0.6) is 5.75 Å². The van der Waals surface area contributed by atoms with Gasteiger partial charge in [0.05, 0.1) is 18.5 Å². The molecule has 0 aromatic heterocycles. The van der Waals surface area contributed by atoms with Crippen LogP contribution in [0.25, 0.3) is 0 Å². The van der Waals surface area contributed by atoms with E-state index in [-0.39, 0.29) is 18.2 Å². The molecule has 0 bridgehead atoms. The van der Waals surface area contributed by atoms with Crippen molar-refractivity contribution in [2.24, 2.45) is 4.99 Å². The number of benzene rings is 2. The summed E-state index contributed by atoms with van der Waals surface area (Å²) in [6.07, 6.45) is 0.750. The van der Waals surface area contributed by atoms with Gasteiger partial charge in [0.1, 0.15) is 11.0 Å². The highest BCUT2D eigenvalue weighted by molar-refractivity contribution is 8.15. The second kappa shape index (κ2) is 12.6. The molecule has 1 fully saturated rings. The minimum Gasteiger partial charge on any atom is -0.495 e. The number of anilines is 1. The molecular weight excluding hydrogens is 450 g/mol. The van der Waals surface area contributed by atoms with E-state index in [0.717, 1.165) is 5.69 Å². The number of carbonyl (C=O) groups is 2. The van der Waals surface area contributed by atoms with Gasteiger partial charge in [-0.2, -0.15) is 0 Å². The second-order valence-corrected chi connectivity index (χ2v) is 9.41. The van der Waals surface area contributed by atoms with Gasteiger partial charge in [-0.15, -0.1) is 0 Å². The number of amides is 2. The van der Waals surface area contributed by atoms with Gasteiger partial charge in [-0.1, -0.05) is 49.9 Å². The standard InChI is InChI=1S/C26H33N3O4S/c1-5-33-16-8-15-29-25(31)23(17-24(30)28-21-9-6-7-10-22(21)32-4)34-26(29)27-20-13-11-19(12-14-20)18(2)3/h6-7,9-14,18,23H,5,8,15-17H2,1-4H3,(H,28,30). The quantitative estimate of drug-likeness (QED) is 0.444. The van der Waals surface area contributed by atoms with Gasteiger partial charge in [0.15, 0.2) is 5.17 Å². The first-order chi connectivity index (χ1) is 16.4. The maximum Gasteiger partial charge on any atom is 0.242 e. The van der Waals surface area contributed by atoms with Crippen LogP contribution in [0.15, 0.2) is 53.5 Å². The highest BCUT2D eigenvalue weighted by Crippen LogP contribution is 2.33. The summed E-state index contributed by atoms with van der Waals surface area (Å²) in [7, 11) is 1.55. The van der Waals surface area contributed by atoms with E-state index in [2.05, 4.69) is 31.3 Å². The first kappa shape index (κ1) is 25.8. The predicted octanol–water partition coefficient (Wildman–Crippen LogP) is 5.21. The first-order valence-electron chi connectivity index (χ1n) is 11.6. The highest BCUT2D eigenvalue weighted by Gasteiger charge is 2.39. The Morgan fingerprint density at radius 3 is 2.59 bits per heavy atom. The number of rotatable bonds is 11. The van der Waals surface area contributed by atoms with Crippen LogP contribution in [0.2, 0.25) is 0 Å².